The molecule has 1 N–H and O–H groups in total. The van der Waals surface area contributed by atoms with Crippen molar-refractivity contribution in [3.8, 4) is 28.7 Å². The van der Waals surface area contributed by atoms with Gasteiger partial charge in [0, 0.05) is 5.69 Å². The van der Waals surface area contributed by atoms with Crippen molar-refractivity contribution in [1.82, 2.24) is 0 Å². The van der Waals surface area contributed by atoms with Gasteiger partial charge in [-0.25, -0.2) is 4.79 Å². The van der Waals surface area contributed by atoms with E-state index in [2.05, 4.69) is 5.32 Å². The van der Waals surface area contributed by atoms with Gasteiger partial charge in [-0.1, -0.05) is 17.7 Å². The van der Waals surface area contributed by atoms with Gasteiger partial charge in [0.25, 0.3) is 5.91 Å². The summed E-state index contributed by atoms with van der Waals surface area (Å²) in [6, 6.07) is 17.6. The van der Waals surface area contributed by atoms with Crippen LogP contribution < -0.4 is 24.3 Å². The van der Waals surface area contributed by atoms with E-state index in [1.54, 1.807) is 30.3 Å². The molecule has 33 heavy (non-hydrogen) atoms. The number of anilines is 1. The third-order valence-electron chi connectivity index (χ3n) is 4.65. The zero-order valence-electron chi connectivity index (χ0n) is 18.8. The second kappa shape index (κ2) is 10.9. The molecule has 0 heterocycles. The van der Waals surface area contributed by atoms with Crippen LogP contribution in [0.5, 0.6) is 28.7 Å². The second-order valence-corrected chi connectivity index (χ2v) is 6.95. The smallest absolute Gasteiger partial charge is 0.342 e. The van der Waals surface area contributed by atoms with E-state index in [1.807, 2.05) is 31.2 Å². The number of hydrogen-bond donors (Lipinski definition) is 1. The van der Waals surface area contributed by atoms with Crippen molar-refractivity contribution in [3.63, 3.8) is 0 Å². The molecule has 3 rings (SSSR count). The molecular weight excluding hydrogens is 426 g/mol. The molecule has 0 saturated heterocycles. The van der Waals surface area contributed by atoms with E-state index in [0.717, 1.165) is 11.3 Å². The molecule has 0 bridgehead atoms. The van der Waals surface area contributed by atoms with Crippen LogP contribution in [0.2, 0.25) is 0 Å². The van der Waals surface area contributed by atoms with Crippen molar-refractivity contribution >= 4 is 17.6 Å². The van der Waals surface area contributed by atoms with Gasteiger partial charge in [-0.3, -0.25) is 4.79 Å². The van der Waals surface area contributed by atoms with Crippen molar-refractivity contribution < 1.29 is 33.3 Å². The third kappa shape index (κ3) is 5.94. The van der Waals surface area contributed by atoms with Gasteiger partial charge in [0.05, 0.1) is 21.3 Å². The molecule has 172 valence electrons. The lowest BCUT2D eigenvalue weighted by molar-refractivity contribution is -0.119. The lowest BCUT2D eigenvalue weighted by atomic mass is 10.1. The number of benzene rings is 3. The monoisotopic (exact) mass is 451 g/mol. The summed E-state index contributed by atoms with van der Waals surface area (Å²) in [7, 11) is 4.30. The Balaban J connectivity index is 1.57. The first-order valence-electron chi connectivity index (χ1n) is 10.1. The molecule has 0 aliphatic heterocycles. The number of amides is 1. The molecule has 8 nitrogen and oxygen atoms in total. The molecule has 0 radical (unpaired) electrons. The van der Waals surface area contributed by atoms with Crippen LogP contribution in [0.25, 0.3) is 0 Å². The Bertz CT molecular complexity index is 1110. The summed E-state index contributed by atoms with van der Waals surface area (Å²) in [5.41, 5.74) is 1.79. The van der Waals surface area contributed by atoms with Gasteiger partial charge >= 0.3 is 5.97 Å². The number of methoxy groups -OCH3 is 3. The molecule has 0 aliphatic carbocycles. The first kappa shape index (κ1) is 23.5. The number of carbonyl (C=O) groups is 2. The lowest BCUT2D eigenvalue weighted by Gasteiger charge is -2.15. The first-order valence-corrected chi connectivity index (χ1v) is 10.1. The summed E-state index contributed by atoms with van der Waals surface area (Å²) < 4.78 is 26.6. The lowest BCUT2D eigenvalue weighted by Crippen LogP contribution is -2.21. The number of hydrogen-bond acceptors (Lipinski definition) is 7. The SMILES string of the molecule is COc1ccc(C(=O)OCC(=O)Nc2ccc(Oc3ccc(C)cc3)cc2)c(OC)c1OC. The van der Waals surface area contributed by atoms with E-state index in [-0.39, 0.29) is 17.1 Å². The normalized spacial score (nSPS) is 10.2. The van der Waals surface area contributed by atoms with Crippen LogP contribution in [-0.2, 0) is 9.53 Å². The quantitative estimate of drug-likeness (QED) is 0.475. The molecule has 0 fully saturated rings. The maximum atomic E-state index is 12.5. The standard InChI is InChI=1S/C25H25NO7/c1-16-5-9-18(10-6-16)33-19-11-7-17(8-12-19)26-22(27)15-32-25(28)20-13-14-21(29-2)24(31-4)23(20)30-3/h5-14H,15H2,1-4H3,(H,26,27). The van der Waals surface area contributed by atoms with Gasteiger partial charge in [0.1, 0.15) is 17.1 Å². The van der Waals surface area contributed by atoms with Crippen LogP contribution in [0.4, 0.5) is 5.69 Å². The van der Waals surface area contributed by atoms with Crippen molar-refractivity contribution in [2.24, 2.45) is 0 Å². The van der Waals surface area contributed by atoms with Gasteiger partial charge < -0.3 is 29.0 Å². The van der Waals surface area contributed by atoms with Gasteiger partial charge in [-0.2, -0.15) is 0 Å². The molecule has 3 aromatic rings. The van der Waals surface area contributed by atoms with Gasteiger partial charge in [0.2, 0.25) is 5.75 Å². The maximum Gasteiger partial charge on any atom is 0.342 e. The van der Waals surface area contributed by atoms with E-state index in [4.69, 9.17) is 23.7 Å². The van der Waals surface area contributed by atoms with Crippen molar-refractivity contribution in [1.29, 1.82) is 0 Å². The highest BCUT2D eigenvalue weighted by Gasteiger charge is 2.22. The highest BCUT2D eigenvalue weighted by molar-refractivity contribution is 5.97. The number of ether oxygens (including phenoxy) is 5. The van der Waals surface area contributed by atoms with Crippen LogP contribution in [0.15, 0.2) is 60.7 Å². The molecule has 3 aromatic carbocycles. The average Bonchev–Trinajstić information content (AvgIpc) is 2.84. The Morgan fingerprint density at radius 3 is 1.94 bits per heavy atom. The predicted octanol–water partition coefficient (Wildman–Crippen LogP) is 4.61. The minimum absolute atomic E-state index is 0.112. The Kier molecular flexibility index (Phi) is 7.75. The predicted molar refractivity (Wildman–Crippen MR) is 123 cm³/mol. The van der Waals surface area contributed by atoms with Crippen molar-refractivity contribution in [2.45, 2.75) is 6.92 Å². The first-order chi connectivity index (χ1) is 15.9. The van der Waals surface area contributed by atoms with Crippen LogP contribution in [0, 0.1) is 6.92 Å². The average molecular weight is 451 g/mol. The second-order valence-electron chi connectivity index (χ2n) is 6.95. The molecule has 0 aromatic heterocycles. The topological polar surface area (TPSA) is 92.3 Å². The Morgan fingerprint density at radius 1 is 0.758 bits per heavy atom. The highest BCUT2D eigenvalue weighted by Crippen LogP contribution is 2.39. The molecule has 8 heteroatoms. The molecule has 1 amide bonds. The fourth-order valence-electron chi connectivity index (χ4n) is 3.02. The van der Waals surface area contributed by atoms with Crippen molar-refractivity contribution in [3.05, 3.63) is 71.8 Å². The minimum atomic E-state index is -0.732. The number of carbonyl (C=O) groups excluding carboxylic acids is 2. The molecular formula is C25H25NO7. The van der Waals surface area contributed by atoms with Gasteiger partial charge in [-0.05, 0) is 55.5 Å². The number of aryl methyl sites for hydroxylation is 1. The Labute approximate surface area is 192 Å². The molecule has 0 aliphatic rings. The largest absolute Gasteiger partial charge is 0.493 e. The molecule has 0 atom stereocenters. The molecule has 0 saturated carbocycles. The van der Waals surface area contributed by atoms with Gasteiger partial charge in [0.15, 0.2) is 18.1 Å². The minimum Gasteiger partial charge on any atom is -0.493 e. The third-order valence-corrected chi connectivity index (χ3v) is 4.65. The maximum absolute atomic E-state index is 12.5. The fourth-order valence-corrected chi connectivity index (χ4v) is 3.02. The zero-order chi connectivity index (χ0) is 23.8. The number of rotatable bonds is 9. The van der Waals surface area contributed by atoms with Crippen LogP contribution in [0.1, 0.15) is 15.9 Å². The van der Waals surface area contributed by atoms with Crippen LogP contribution in [-0.4, -0.2) is 39.8 Å². The molecule has 0 spiro atoms. The summed E-state index contributed by atoms with van der Waals surface area (Å²) in [6.07, 6.45) is 0. The summed E-state index contributed by atoms with van der Waals surface area (Å²) in [5, 5.41) is 2.67. The van der Waals surface area contributed by atoms with Crippen LogP contribution in [0.3, 0.4) is 0 Å². The van der Waals surface area contributed by atoms with E-state index in [0.29, 0.717) is 17.2 Å². The summed E-state index contributed by atoms with van der Waals surface area (Å²) in [6.45, 7) is 1.53. The van der Waals surface area contributed by atoms with Gasteiger partial charge in [-0.15, -0.1) is 0 Å². The fraction of sp³-hybridized carbons (Fsp3) is 0.200. The van der Waals surface area contributed by atoms with E-state index in [9.17, 15) is 9.59 Å². The van der Waals surface area contributed by atoms with E-state index in [1.165, 1.54) is 27.4 Å². The summed E-state index contributed by atoms with van der Waals surface area (Å²) in [4.78, 5) is 24.7. The Hall–Kier alpha value is -4.20. The van der Waals surface area contributed by atoms with Crippen molar-refractivity contribution in [2.75, 3.05) is 33.3 Å². The molecule has 0 unspecified atom stereocenters. The van der Waals surface area contributed by atoms with E-state index < -0.39 is 18.5 Å². The Morgan fingerprint density at radius 2 is 1.36 bits per heavy atom. The number of nitrogens with one attached hydrogen (secondary N) is 1. The van der Waals surface area contributed by atoms with Crippen LogP contribution >= 0.6 is 0 Å². The highest BCUT2D eigenvalue weighted by atomic mass is 16.5. The zero-order valence-corrected chi connectivity index (χ0v) is 18.8. The summed E-state index contributed by atoms with van der Waals surface area (Å²) >= 11 is 0. The van der Waals surface area contributed by atoms with E-state index >= 15 is 0 Å². The number of esters is 1. The summed E-state index contributed by atoms with van der Waals surface area (Å²) in [5.74, 6) is 0.940.